The second-order valence-electron chi connectivity index (χ2n) is 3.27. The molecule has 0 bridgehead atoms. The Morgan fingerprint density at radius 3 is 2.69 bits per heavy atom. The van der Waals surface area contributed by atoms with Crippen molar-refractivity contribution in [2.45, 2.75) is 0 Å². The Bertz CT molecular complexity index is 516. The fourth-order valence-corrected chi connectivity index (χ4v) is 1.46. The van der Waals surface area contributed by atoms with Gasteiger partial charge in [-0.15, -0.1) is 5.10 Å². The van der Waals surface area contributed by atoms with Gasteiger partial charge in [-0.25, -0.2) is 0 Å². The number of hydrogen-bond acceptors (Lipinski definition) is 4. The number of anilines is 2. The molecule has 0 spiro atoms. The van der Waals surface area contributed by atoms with Crippen LogP contribution >= 0.6 is 0 Å². The van der Waals surface area contributed by atoms with Gasteiger partial charge in [0.2, 0.25) is 0 Å². The topological polar surface area (TPSA) is 52.8 Å². The SMILES string of the molecule is CN(c1cccnn1)c1ccccc1C#N. The largest absolute Gasteiger partial charge is 0.327 e. The van der Waals surface area contributed by atoms with Crippen molar-refractivity contribution in [3.05, 3.63) is 48.2 Å². The molecule has 2 rings (SSSR count). The van der Waals surface area contributed by atoms with Gasteiger partial charge in [-0.05, 0) is 24.3 Å². The lowest BCUT2D eigenvalue weighted by molar-refractivity contribution is 0.986. The van der Waals surface area contributed by atoms with Crippen LogP contribution in [0, 0.1) is 11.3 Å². The van der Waals surface area contributed by atoms with Gasteiger partial charge in [0.25, 0.3) is 0 Å². The maximum absolute atomic E-state index is 9.00. The van der Waals surface area contributed by atoms with Crippen LogP contribution in [0.5, 0.6) is 0 Å². The molecule has 0 saturated heterocycles. The summed E-state index contributed by atoms with van der Waals surface area (Å²) in [5.41, 5.74) is 1.45. The van der Waals surface area contributed by atoms with Gasteiger partial charge < -0.3 is 4.90 Å². The van der Waals surface area contributed by atoms with E-state index in [-0.39, 0.29) is 0 Å². The zero-order chi connectivity index (χ0) is 11.4. The summed E-state index contributed by atoms with van der Waals surface area (Å²) in [5.74, 6) is 0.713. The number of aromatic nitrogens is 2. The first-order valence-electron chi connectivity index (χ1n) is 4.83. The minimum absolute atomic E-state index is 0.621. The molecule has 0 unspecified atom stereocenters. The molecule has 0 amide bonds. The molecule has 0 radical (unpaired) electrons. The lowest BCUT2D eigenvalue weighted by Gasteiger charge is -2.18. The van der Waals surface area contributed by atoms with Crippen LogP contribution in [-0.2, 0) is 0 Å². The van der Waals surface area contributed by atoms with Crippen molar-refractivity contribution in [1.82, 2.24) is 10.2 Å². The highest BCUT2D eigenvalue weighted by molar-refractivity contribution is 5.66. The summed E-state index contributed by atoms with van der Waals surface area (Å²) in [6.07, 6.45) is 1.62. The van der Waals surface area contributed by atoms with Gasteiger partial charge in [0.05, 0.1) is 11.3 Å². The molecule has 0 atom stereocenters. The molecule has 0 aliphatic carbocycles. The van der Waals surface area contributed by atoms with Crippen molar-refractivity contribution in [2.75, 3.05) is 11.9 Å². The Morgan fingerprint density at radius 1 is 1.19 bits per heavy atom. The van der Waals surface area contributed by atoms with Gasteiger partial charge in [0.15, 0.2) is 5.82 Å². The quantitative estimate of drug-likeness (QED) is 0.761. The van der Waals surface area contributed by atoms with Gasteiger partial charge in [-0.2, -0.15) is 10.4 Å². The Kier molecular flexibility index (Phi) is 2.79. The fraction of sp³-hybridized carbons (Fsp3) is 0.0833. The highest BCUT2D eigenvalue weighted by atomic mass is 15.2. The summed E-state index contributed by atoms with van der Waals surface area (Å²) in [4.78, 5) is 1.84. The first-order chi connectivity index (χ1) is 7.83. The van der Waals surface area contributed by atoms with Crippen molar-refractivity contribution in [3.8, 4) is 6.07 Å². The molecule has 1 aromatic heterocycles. The van der Waals surface area contributed by atoms with Gasteiger partial charge in [0, 0.05) is 13.2 Å². The lowest BCUT2D eigenvalue weighted by Crippen LogP contribution is -2.12. The second-order valence-corrected chi connectivity index (χ2v) is 3.27. The maximum Gasteiger partial charge on any atom is 0.155 e. The minimum Gasteiger partial charge on any atom is -0.327 e. The van der Waals surface area contributed by atoms with E-state index < -0.39 is 0 Å². The summed E-state index contributed by atoms with van der Waals surface area (Å²) in [6, 6.07) is 13.2. The molecule has 4 heteroatoms. The number of nitrogens with zero attached hydrogens (tertiary/aromatic N) is 4. The molecular formula is C12H10N4. The molecule has 4 nitrogen and oxygen atoms in total. The second kappa shape index (κ2) is 4.41. The van der Waals surface area contributed by atoms with E-state index in [1.54, 1.807) is 12.3 Å². The third-order valence-corrected chi connectivity index (χ3v) is 2.29. The van der Waals surface area contributed by atoms with Crippen LogP contribution in [0.4, 0.5) is 11.5 Å². The normalized spacial score (nSPS) is 9.50. The van der Waals surface area contributed by atoms with Crippen LogP contribution in [-0.4, -0.2) is 17.2 Å². The molecule has 0 aliphatic heterocycles. The van der Waals surface area contributed by atoms with Gasteiger partial charge in [0.1, 0.15) is 6.07 Å². The predicted molar refractivity (Wildman–Crippen MR) is 61.3 cm³/mol. The molecule has 16 heavy (non-hydrogen) atoms. The van der Waals surface area contributed by atoms with Crippen LogP contribution in [0.1, 0.15) is 5.56 Å². The number of para-hydroxylation sites is 1. The number of hydrogen-bond donors (Lipinski definition) is 0. The molecule has 1 aromatic carbocycles. The lowest BCUT2D eigenvalue weighted by atomic mass is 10.2. The van der Waals surface area contributed by atoms with E-state index in [2.05, 4.69) is 16.3 Å². The van der Waals surface area contributed by atoms with E-state index in [0.29, 0.717) is 11.4 Å². The average molecular weight is 210 g/mol. The van der Waals surface area contributed by atoms with E-state index in [4.69, 9.17) is 5.26 Å². The molecule has 1 heterocycles. The van der Waals surface area contributed by atoms with E-state index in [9.17, 15) is 0 Å². The zero-order valence-electron chi connectivity index (χ0n) is 8.83. The van der Waals surface area contributed by atoms with Crippen molar-refractivity contribution in [1.29, 1.82) is 5.26 Å². The summed E-state index contributed by atoms with van der Waals surface area (Å²) >= 11 is 0. The maximum atomic E-state index is 9.00. The Morgan fingerprint density at radius 2 is 2.00 bits per heavy atom. The van der Waals surface area contributed by atoms with Crippen molar-refractivity contribution in [2.24, 2.45) is 0 Å². The van der Waals surface area contributed by atoms with Crippen LogP contribution in [0.3, 0.4) is 0 Å². The molecule has 0 aliphatic rings. The third-order valence-electron chi connectivity index (χ3n) is 2.29. The van der Waals surface area contributed by atoms with Gasteiger partial charge >= 0.3 is 0 Å². The molecule has 0 N–H and O–H groups in total. The Labute approximate surface area is 93.8 Å². The van der Waals surface area contributed by atoms with Gasteiger partial charge in [-0.3, -0.25) is 0 Å². The van der Waals surface area contributed by atoms with Crippen LogP contribution in [0.2, 0.25) is 0 Å². The highest BCUT2D eigenvalue weighted by Gasteiger charge is 2.08. The fourth-order valence-electron chi connectivity index (χ4n) is 1.46. The van der Waals surface area contributed by atoms with Crippen molar-refractivity contribution >= 4 is 11.5 Å². The Balaban J connectivity index is 2.42. The van der Waals surface area contributed by atoms with E-state index in [1.807, 2.05) is 42.3 Å². The first-order valence-corrected chi connectivity index (χ1v) is 4.83. The van der Waals surface area contributed by atoms with Crippen LogP contribution < -0.4 is 4.90 Å². The molecule has 78 valence electrons. The van der Waals surface area contributed by atoms with E-state index >= 15 is 0 Å². The zero-order valence-corrected chi connectivity index (χ0v) is 8.83. The standard InChI is InChI=1S/C12H10N4/c1-16(12-7-4-8-14-15-12)11-6-3-2-5-10(11)9-13/h2-8H,1H3. The van der Waals surface area contributed by atoms with Crippen molar-refractivity contribution < 1.29 is 0 Å². The monoisotopic (exact) mass is 210 g/mol. The van der Waals surface area contributed by atoms with E-state index in [1.165, 1.54) is 0 Å². The average Bonchev–Trinajstić information content (AvgIpc) is 2.39. The summed E-state index contributed by atoms with van der Waals surface area (Å²) in [7, 11) is 1.86. The number of rotatable bonds is 2. The summed E-state index contributed by atoms with van der Waals surface area (Å²) in [5, 5.41) is 16.8. The van der Waals surface area contributed by atoms with E-state index in [0.717, 1.165) is 5.69 Å². The molecule has 0 saturated carbocycles. The minimum atomic E-state index is 0.621. The third kappa shape index (κ3) is 1.84. The highest BCUT2D eigenvalue weighted by Crippen LogP contribution is 2.23. The molecule has 0 fully saturated rings. The van der Waals surface area contributed by atoms with Gasteiger partial charge in [-0.1, -0.05) is 12.1 Å². The first kappa shape index (κ1) is 10.1. The summed E-state index contributed by atoms with van der Waals surface area (Å²) < 4.78 is 0. The Hall–Kier alpha value is -2.41. The number of benzene rings is 1. The predicted octanol–water partition coefficient (Wildman–Crippen LogP) is 2.12. The van der Waals surface area contributed by atoms with Crippen molar-refractivity contribution in [3.63, 3.8) is 0 Å². The smallest absolute Gasteiger partial charge is 0.155 e. The molecular weight excluding hydrogens is 200 g/mol. The summed E-state index contributed by atoms with van der Waals surface area (Å²) in [6.45, 7) is 0. The molecule has 2 aromatic rings. The van der Waals surface area contributed by atoms with Crippen LogP contribution in [0.25, 0.3) is 0 Å². The van der Waals surface area contributed by atoms with Crippen LogP contribution in [0.15, 0.2) is 42.6 Å². The number of nitriles is 1.